The minimum atomic E-state index is -0.536. The molecule has 8 nitrogen and oxygen atoms in total. The van der Waals surface area contributed by atoms with Crippen LogP contribution >= 0.6 is 0 Å². The van der Waals surface area contributed by atoms with Crippen LogP contribution < -0.4 is 5.56 Å². The highest BCUT2D eigenvalue weighted by molar-refractivity contribution is 5.97. The second kappa shape index (κ2) is 7.19. The summed E-state index contributed by atoms with van der Waals surface area (Å²) in [7, 11) is 0. The maximum atomic E-state index is 11.8. The van der Waals surface area contributed by atoms with Crippen LogP contribution in [0.15, 0.2) is 59.8 Å². The number of fused-ring (bicyclic) bond motifs is 1. The second-order valence-corrected chi connectivity index (χ2v) is 7.85. The summed E-state index contributed by atoms with van der Waals surface area (Å²) in [6.07, 6.45) is 6.42. The summed E-state index contributed by atoms with van der Waals surface area (Å²) in [5.41, 5.74) is 3.19. The topological polar surface area (TPSA) is 124 Å². The van der Waals surface area contributed by atoms with E-state index in [0.717, 1.165) is 27.6 Å². The van der Waals surface area contributed by atoms with Crippen LogP contribution in [-0.4, -0.2) is 25.0 Å². The van der Waals surface area contributed by atoms with Gasteiger partial charge in [-0.2, -0.15) is 25.5 Å². The molecule has 1 saturated carbocycles. The standard InChI is InChI=1S/C23H17N7O/c24-5-4-23(11-15(12-23)13-25)30-28-14-21(29-30)19-8-17(16-3-7-27-22(31)10-16)9-20-18(19)2-1-6-26-20/h1-3,6-10,14-15H,4,11-12H2,(H,27,31)/t15-,23+. The number of aromatic nitrogens is 5. The molecule has 1 N–H and O–H groups in total. The lowest BCUT2D eigenvalue weighted by molar-refractivity contribution is 0.0713. The van der Waals surface area contributed by atoms with Crippen LogP contribution in [0, 0.1) is 28.6 Å². The van der Waals surface area contributed by atoms with Gasteiger partial charge < -0.3 is 4.98 Å². The Morgan fingerprint density at radius 2 is 2.06 bits per heavy atom. The SMILES string of the molecule is N#CC[C@]1(n2ncc(-c3cc(-c4cc[nH]c(=O)c4)cc4ncccc34)n2)C[C@@H](C#N)C1. The molecule has 1 aliphatic rings. The Balaban J connectivity index is 1.63. The number of pyridine rings is 2. The van der Waals surface area contributed by atoms with Crippen LogP contribution in [0.1, 0.15) is 19.3 Å². The predicted molar refractivity (Wildman–Crippen MR) is 113 cm³/mol. The predicted octanol–water partition coefficient (Wildman–Crippen LogP) is 3.39. The summed E-state index contributed by atoms with van der Waals surface area (Å²) >= 11 is 0. The molecular formula is C23H17N7O. The Morgan fingerprint density at radius 3 is 2.84 bits per heavy atom. The van der Waals surface area contributed by atoms with Gasteiger partial charge in [0.15, 0.2) is 0 Å². The molecule has 1 fully saturated rings. The highest BCUT2D eigenvalue weighted by Crippen LogP contribution is 2.45. The molecule has 0 saturated heterocycles. The van der Waals surface area contributed by atoms with Crippen molar-refractivity contribution < 1.29 is 0 Å². The van der Waals surface area contributed by atoms with Gasteiger partial charge in [0.05, 0.1) is 41.7 Å². The molecule has 8 heteroatoms. The first-order valence-corrected chi connectivity index (χ1v) is 9.89. The molecule has 0 atom stereocenters. The molecule has 0 spiro atoms. The lowest BCUT2D eigenvalue weighted by atomic mass is 9.68. The minimum Gasteiger partial charge on any atom is -0.329 e. The van der Waals surface area contributed by atoms with E-state index in [4.69, 9.17) is 5.10 Å². The van der Waals surface area contributed by atoms with E-state index in [1.165, 1.54) is 0 Å². The Kier molecular flexibility index (Phi) is 4.34. The minimum absolute atomic E-state index is 0.0765. The largest absolute Gasteiger partial charge is 0.329 e. The molecule has 5 rings (SSSR count). The number of rotatable bonds is 4. The van der Waals surface area contributed by atoms with Crippen LogP contribution in [0.2, 0.25) is 0 Å². The molecule has 0 amide bonds. The van der Waals surface area contributed by atoms with Crippen LogP contribution in [0.25, 0.3) is 33.3 Å². The van der Waals surface area contributed by atoms with Crippen molar-refractivity contribution in [2.45, 2.75) is 24.8 Å². The molecule has 1 aliphatic carbocycles. The zero-order valence-electron chi connectivity index (χ0n) is 16.5. The number of aromatic amines is 1. The third kappa shape index (κ3) is 3.15. The van der Waals surface area contributed by atoms with Crippen LogP contribution in [0.5, 0.6) is 0 Å². The molecule has 3 heterocycles. The quantitative estimate of drug-likeness (QED) is 0.553. The zero-order valence-corrected chi connectivity index (χ0v) is 16.5. The number of H-pyrrole nitrogens is 1. The van der Waals surface area contributed by atoms with E-state index in [1.54, 1.807) is 29.5 Å². The van der Waals surface area contributed by atoms with Crippen molar-refractivity contribution in [2.24, 2.45) is 5.92 Å². The van der Waals surface area contributed by atoms with Crippen LogP contribution in [-0.2, 0) is 5.54 Å². The van der Waals surface area contributed by atoms with Gasteiger partial charge in [0, 0.05) is 29.4 Å². The number of nitrogens with one attached hydrogen (secondary N) is 1. The average Bonchev–Trinajstić information content (AvgIpc) is 3.25. The fraction of sp³-hybridized carbons (Fsp3) is 0.217. The number of benzene rings is 1. The number of nitriles is 2. The third-order valence-electron chi connectivity index (χ3n) is 5.86. The van der Waals surface area contributed by atoms with E-state index in [-0.39, 0.29) is 17.9 Å². The smallest absolute Gasteiger partial charge is 0.248 e. The molecule has 0 unspecified atom stereocenters. The highest BCUT2D eigenvalue weighted by atomic mass is 16.1. The van der Waals surface area contributed by atoms with E-state index in [2.05, 4.69) is 27.2 Å². The summed E-state index contributed by atoms with van der Waals surface area (Å²) in [6, 6.07) is 15.6. The van der Waals surface area contributed by atoms with Crippen molar-refractivity contribution in [3.63, 3.8) is 0 Å². The summed E-state index contributed by atoms with van der Waals surface area (Å²) in [5.74, 6) is -0.0765. The second-order valence-electron chi connectivity index (χ2n) is 7.85. The molecule has 0 bridgehead atoms. The van der Waals surface area contributed by atoms with Gasteiger partial charge in [-0.25, -0.2) is 0 Å². The first-order chi connectivity index (χ1) is 15.1. The maximum Gasteiger partial charge on any atom is 0.248 e. The Bertz CT molecular complexity index is 1430. The van der Waals surface area contributed by atoms with Gasteiger partial charge in [0.1, 0.15) is 5.69 Å². The van der Waals surface area contributed by atoms with E-state index in [9.17, 15) is 15.3 Å². The monoisotopic (exact) mass is 407 g/mol. The first-order valence-electron chi connectivity index (χ1n) is 9.89. The van der Waals surface area contributed by atoms with Gasteiger partial charge in [0.2, 0.25) is 5.56 Å². The zero-order chi connectivity index (χ0) is 21.4. The van der Waals surface area contributed by atoms with E-state index in [1.807, 2.05) is 30.3 Å². The van der Waals surface area contributed by atoms with Gasteiger partial charge in [-0.15, -0.1) is 0 Å². The molecule has 1 aromatic carbocycles. The number of hydrogen-bond acceptors (Lipinski definition) is 6. The summed E-state index contributed by atoms with van der Waals surface area (Å²) < 4.78 is 0. The summed E-state index contributed by atoms with van der Waals surface area (Å²) in [4.78, 5) is 20.5. The van der Waals surface area contributed by atoms with Gasteiger partial charge in [-0.3, -0.25) is 9.78 Å². The van der Waals surface area contributed by atoms with Crippen LogP contribution in [0.4, 0.5) is 0 Å². The molecule has 31 heavy (non-hydrogen) atoms. The van der Waals surface area contributed by atoms with Crippen molar-refractivity contribution in [1.29, 1.82) is 10.5 Å². The Labute approximate surface area is 177 Å². The van der Waals surface area contributed by atoms with Gasteiger partial charge >= 0.3 is 0 Å². The third-order valence-corrected chi connectivity index (χ3v) is 5.86. The average molecular weight is 407 g/mol. The lowest BCUT2D eigenvalue weighted by Crippen LogP contribution is -2.47. The molecule has 4 aromatic rings. The Morgan fingerprint density at radius 1 is 1.19 bits per heavy atom. The van der Waals surface area contributed by atoms with Gasteiger partial charge in [0.25, 0.3) is 0 Å². The van der Waals surface area contributed by atoms with E-state index >= 15 is 0 Å². The first kappa shape index (κ1) is 18.7. The van der Waals surface area contributed by atoms with Gasteiger partial charge in [-0.1, -0.05) is 6.07 Å². The van der Waals surface area contributed by atoms with E-state index < -0.39 is 5.54 Å². The van der Waals surface area contributed by atoms with Crippen molar-refractivity contribution in [3.05, 3.63) is 65.3 Å². The van der Waals surface area contributed by atoms with Crippen LogP contribution in [0.3, 0.4) is 0 Å². The molecule has 150 valence electrons. The fourth-order valence-corrected chi connectivity index (χ4v) is 4.27. The molecular weight excluding hydrogens is 390 g/mol. The van der Waals surface area contributed by atoms with Crippen molar-refractivity contribution in [2.75, 3.05) is 0 Å². The summed E-state index contributed by atoms with van der Waals surface area (Å²) in [6.45, 7) is 0. The maximum absolute atomic E-state index is 11.8. The fourth-order valence-electron chi connectivity index (χ4n) is 4.27. The van der Waals surface area contributed by atoms with Crippen molar-refractivity contribution >= 4 is 10.9 Å². The number of hydrogen-bond donors (Lipinski definition) is 1. The highest BCUT2D eigenvalue weighted by Gasteiger charge is 2.48. The van der Waals surface area contributed by atoms with Gasteiger partial charge in [-0.05, 0) is 48.2 Å². The Hall–Kier alpha value is -4.30. The van der Waals surface area contributed by atoms with Crippen molar-refractivity contribution in [1.82, 2.24) is 25.0 Å². The molecule has 0 aliphatic heterocycles. The summed E-state index contributed by atoms with van der Waals surface area (Å²) in [5, 5.41) is 28.6. The number of nitrogens with zero attached hydrogens (tertiary/aromatic N) is 6. The molecule has 3 aromatic heterocycles. The van der Waals surface area contributed by atoms with Crippen molar-refractivity contribution in [3.8, 4) is 34.5 Å². The van der Waals surface area contributed by atoms with E-state index in [0.29, 0.717) is 18.5 Å². The lowest BCUT2D eigenvalue weighted by Gasteiger charge is -2.42. The molecule has 0 radical (unpaired) electrons. The normalized spacial score (nSPS) is 20.0.